The Bertz CT molecular complexity index is 472. The summed E-state index contributed by atoms with van der Waals surface area (Å²) >= 11 is 1.36. The third-order valence-electron chi connectivity index (χ3n) is 2.77. The van der Waals surface area contributed by atoms with Crippen LogP contribution in [-0.4, -0.2) is 31.9 Å². The van der Waals surface area contributed by atoms with Crippen LogP contribution in [0.4, 0.5) is 0 Å². The van der Waals surface area contributed by atoms with E-state index in [-0.39, 0.29) is 18.4 Å². The fourth-order valence-corrected chi connectivity index (χ4v) is 4.75. The molecule has 0 amide bonds. The number of thiophene rings is 1. The van der Waals surface area contributed by atoms with Crippen molar-refractivity contribution in [1.82, 2.24) is 4.31 Å². The maximum Gasteiger partial charge on any atom is 0.252 e. The fourth-order valence-electron chi connectivity index (χ4n) is 1.79. The Kier molecular flexibility index (Phi) is 4.97. The fraction of sp³-hybridized carbons (Fsp3) is 0.600. The van der Waals surface area contributed by atoms with Crippen molar-refractivity contribution in [2.45, 2.75) is 30.0 Å². The van der Waals surface area contributed by atoms with E-state index >= 15 is 0 Å². The molecule has 0 aliphatic carbocycles. The molecule has 2 rings (SSSR count). The minimum absolute atomic E-state index is 0. The van der Waals surface area contributed by atoms with Crippen LogP contribution in [0.2, 0.25) is 0 Å². The zero-order valence-electron chi connectivity index (χ0n) is 9.63. The molecular formula is C10H17ClN2O2S2. The van der Waals surface area contributed by atoms with Crippen LogP contribution in [0.15, 0.2) is 16.3 Å². The number of rotatable bonds is 3. The minimum atomic E-state index is -3.29. The topological polar surface area (TPSA) is 63.4 Å². The number of hydrogen-bond acceptors (Lipinski definition) is 4. The molecule has 0 radical (unpaired) electrons. The molecule has 1 aromatic heterocycles. The van der Waals surface area contributed by atoms with Crippen LogP contribution in [-0.2, 0) is 16.4 Å². The number of hydrogen-bond donors (Lipinski definition) is 1. The van der Waals surface area contributed by atoms with Crippen LogP contribution < -0.4 is 5.73 Å². The Labute approximate surface area is 112 Å². The molecule has 98 valence electrons. The quantitative estimate of drug-likeness (QED) is 0.918. The van der Waals surface area contributed by atoms with E-state index in [2.05, 4.69) is 0 Å². The Hall–Kier alpha value is -0.140. The van der Waals surface area contributed by atoms with Crippen LogP contribution in [0.1, 0.15) is 18.2 Å². The first-order valence-electron chi connectivity index (χ1n) is 5.38. The number of nitrogens with two attached hydrogens (primary N) is 1. The summed E-state index contributed by atoms with van der Waals surface area (Å²) in [5.41, 5.74) is 5.73. The van der Waals surface area contributed by atoms with Gasteiger partial charge in [0.05, 0.1) is 0 Å². The van der Waals surface area contributed by atoms with Gasteiger partial charge in [0, 0.05) is 24.0 Å². The average Bonchev–Trinajstić information content (AvgIpc) is 2.85. The maximum atomic E-state index is 12.2. The van der Waals surface area contributed by atoms with Gasteiger partial charge in [-0.2, -0.15) is 4.31 Å². The number of aryl methyl sites for hydroxylation is 1. The van der Waals surface area contributed by atoms with E-state index in [1.807, 2.05) is 13.0 Å². The highest BCUT2D eigenvalue weighted by molar-refractivity contribution is 7.91. The van der Waals surface area contributed by atoms with Gasteiger partial charge in [0.2, 0.25) is 0 Å². The molecule has 0 bridgehead atoms. The minimum Gasteiger partial charge on any atom is -0.326 e. The average molecular weight is 297 g/mol. The van der Waals surface area contributed by atoms with Gasteiger partial charge in [-0.15, -0.1) is 23.7 Å². The second kappa shape index (κ2) is 5.67. The summed E-state index contributed by atoms with van der Waals surface area (Å²) in [7, 11) is -3.29. The van der Waals surface area contributed by atoms with Gasteiger partial charge >= 0.3 is 0 Å². The molecule has 0 aromatic carbocycles. The summed E-state index contributed by atoms with van der Waals surface area (Å²) in [6.07, 6.45) is 1.63. The van der Waals surface area contributed by atoms with Crippen LogP contribution in [0.5, 0.6) is 0 Å². The smallest absolute Gasteiger partial charge is 0.252 e. The largest absolute Gasteiger partial charge is 0.326 e. The molecule has 1 aromatic rings. The van der Waals surface area contributed by atoms with Gasteiger partial charge in [0.25, 0.3) is 10.0 Å². The maximum absolute atomic E-state index is 12.2. The zero-order valence-corrected chi connectivity index (χ0v) is 12.1. The van der Waals surface area contributed by atoms with Crippen molar-refractivity contribution in [3.8, 4) is 0 Å². The van der Waals surface area contributed by atoms with Crippen LogP contribution >= 0.6 is 23.7 Å². The van der Waals surface area contributed by atoms with Gasteiger partial charge in [0.1, 0.15) is 4.21 Å². The molecule has 1 unspecified atom stereocenters. The highest BCUT2D eigenvalue weighted by Gasteiger charge is 2.31. The lowest BCUT2D eigenvalue weighted by Crippen LogP contribution is -2.31. The van der Waals surface area contributed by atoms with Crippen molar-refractivity contribution in [3.63, 3.8) is 0 Å². The first kappa shape index (κ1) is 14.9. The van der Waals surface area contributed by atoms with Crippen molar-refractivity contribution in [2.75, 3.05) is 13.1 Å². The number of nitrogens with zero attached hydrogens (tertiary/aromatic N) is 1. The molecule has 0 spiro atoms. The van der Waals surface area contributed by atoms with E-state index in [9.17, 15) is 8.42 Å². The lowest BCUT2D eigenvalue weighted by molar-refractivity contribution is 0.474. The van der Waals surface area contributed by atoms with Gasteiger partial charge in [-0.3, -0.25) is 0 Å². The number of sulfonamides is 1. The van der Waals surface area contributed by atoms with E-state index < -0.39 is 10.0 Å². The molecule has 2 N–H and O–H groups in total. The Balaban J connectivity index is 0.00000144. The van der Waals surface area contributed by atoms with Crippen molar-refractivity contribution < 1.29 is 8.42 Å². The Morgan fingerprint density at radius 2 is 2.24 bits per heavy atom. The molecule has 7 heteroatoms. The third kappa shape index (κ3) is 3.00. The lowest BCUT2D eigenvalue weighted by Gasteiger charge is -2.14. The number of halogens is 1. The monoisotopic (exact) mass is 296 g/mol. The van der Waals surface area contributed by atoms with Crippen LogP contribution in [0.3, 0.4) is 0 Å². The van der Waals surface area contributed by atoms with E-state index in [0.29, 0.717) is 17.3 Å². The summed E-state index contributed by atoms with van der Waals surface area (Å²) in [6, 6.07) is 3.57. The summed E-state index contributed by atoms with van der Waals surface area (Å²) in [6.45, 7) is 3.01. The molecule has 17 heavy (non-hydrogen) atoms. The third-order valence-corrected chi connectivity index (χ3v) is 6.33. The second-order valence-electron chi connectivity index (χ2n) is 3.99. The highest BCUT2D eigenvalue weighted by atomic mass is 35.5. The molecule has 1 aliphatic heterocycles. The van der Waals surface area contributed by atoms with Crippen molar-refractivity contribution >= 4 is 33.8 Å². The van der Waals surface area contributed by atoms with Gasteiger partial charge in [-0.05, 0) is 25.0 Å². The molecule has 1 saturated heterocycles. The molecule has 0 saturated carbocycles. The zero-order chi connectivity index (χ0) is 11.8. The molecule has 4 nitrogen and oxygen atoms in total. The first-order chi connectivity index (χ1) is 7.54. The predicted molar refractivity (Wildman–Crippen MR) is 72.3 cm³/mol. The summed E-state index contributed by atoms with van der Waals surface area (Å²) in [5.74, 6) is 0. The van der Waals surface area contributed by atoms with Crippen LogP contribution in [0, 0.1) is 0 Å². The van der Waals surface area contributed by atoms with Gasteiger partial charge in [-0.1, -0.05) is 6.92 Å². The standard InChI is InChI=1S/C10H16N2O2S2.ClH/c1-2-9-3-4-10(15-9)16(13,14)12-6-5-8(11)7-12;/h3-4,8H,2,5-7,11H2,1H3;1H. The normalized spacial score (nSPS) is 21.4. The molecule has 1 atom stereocenters. The molecule has 2 heterocycles. The van der Waals surface area contributed by atoms with E-state index in [1.165, 1.54) is 15.6 Å². The van der Waals surface area contributed by atoms with Crippen molar-refractivity contribution in [1.29, 1.82) is 0 Å². The first-order valence-corrected chi connectivity index (χ1v) is 7.64. The molecular weight excluding hydrogens is 280 g/mol. The van der Waals surface area contributed by atoms with E-state index in [1.54, 1.807) is 6.07 Å². The van der Waals surface area contributed by atoms with Gasteiger partial charge in [0.15, 0.2) is 0 Å². The summed E-state index contributed by atoms with van der Waals surface area (Å²) in [5, 5.41) is 0. The van der Waals surface area contributed by atoms with E-state index in [4.69, 9.17) is 5.73 Å². The summed E-state index contributed by atoms with van der Waals surface area (Å²) < 4.78 is 26.3. The van der Waals surface area contributed by atoms with Crippen molar-refractivity contribution in [3.05, 3.63) is 17.0 Å². The lowest BCUT2D eigenvalue weighted by atomic mass is 10.3. The second-order valence-corrected chi connectivity index (χ2v) is 7.32. The summed E-state index contributed by atoms with van der Waals surface area (Å²) in [4.78, 5) is 1.10. The predicted octanol–water partition coefficient (Wildman–Crippen LogP) is 1.45. The van der Waals surface area contributed by atoms with Crippen LogP contribution in [0.25, 0.3) is 0 Å². The Morgan fingerprint density at radius 3 is 2.71 bits per heavy atom. The molecule has 1 fully saturated rings. The Morgan fingerprint density at radius 1 is 1.53 bits per heavy atom. The molecule has 1 aliphatic rings. The van der Waals surface area contributed by atoms with Crippen molar-refractivity contribution in [2.24, 2.45) is 5.73 Å². The van der Waals surface area contributed by atoms with Gasteiger partial charge in [-0.25, -0.2) is 8.42 Å². The highest BCUT2D eigenvalue weighted by Crippen LogP contribution is 2.27. The van der Waals surface area contributed by atoms with E-state index in [0.717, 1.165) is 17.7 Å². The van der Waals surface area contributed by atoms with Gasteiger partial charge < -0.3 is 5.73 Å². The SMILES string of the molecule is CCc1ccc(S(=O)(=O)N2CCC(N)C2)s1.Cl.